The predicted octanol–water partition coefficient (Wildman–Crippen LogP) is 3.49. The van der Waals surface area contributed by atoms with Crippen LogP contribution in [0.5, 0.6) is 0 Å². The van der Waals surface area contributed by atoms with Crippen LogP contribution in [0.1, 0.15) is 38.2 Å². The molecule has 1 aliphatic heterocycles. The lowest BCUT2D eigenvalue weighted by molar-refractivity contribution is 0.267. The molecule has 1 atom stereocenters. The average Bonchev–Trinajstić information content (AvgIpc) is 3.21. The minimum absolute atomic E-state index is 0. The zero-order valence-electron chi connectivity index (χ0n) is 14.3. The van der Waals surface area contributed by atoms with Crippen molar-refractivity contribution in [1.82, 2.24) is 10.2 Å². The van der Waals surface area contributed by atoms with Crippen molar-refractivity contribution in [2.24, 2.45) is 10.7 Å². The molecule has 2 fully saturated rings. The predicted molar refractivity (Wildman–Crippen MR) is 115 cm³/mol. The number of guanidine groups is 1. The maximum atomic E-state index is 6.10. The van der Waals surface area contributed by atoms with Gasteiger partial charge in [-0.1, -0.05) is 41.1 Å². The molecule has 1 aromatic rings. The molecule has 4 nitrogen and oxygen atoms in total. The Balaban J connectivity index is 0.00000208. The van der Waals surface area contributed by atoms with Gasteiger partial charge < -0.3 is 11.1 Å². The van der Waals surface area contributed by atoms with E-state index in [9.17, 15) is 0 Å². The number of likely N-dealkylation sites (N-methyl/N-ethyl adjacent to an activating group) is 1. The Morgan fingerprint density at radius 3 is 2.83 bits per heavy atom. The lowest BCUT2D eigenvalue weighted by Gasteiger charge is -2.23. The van der Waals surface area contributed by atoms with Crippen molar-refractivity contribution >= 4 is 45.9 Å². The molecule has 0 aromatic heterocycles. The first-order valence-corrected chi connectivity index (χ1v) is 9.47. The molecule has 1 heterocycles. The third kappa shape index (κ3) is 4.64. The molecule has 1 aliphatic carbocycles. The minimum Gasteiger partial charge on any atom is -0.370 e. The number of aliphatic imine (C=N–C) groups is 1. The Morgan fingerprint density at radius 2 is 2.17 bits per heavy atom. The number of nitrogens with two attached hydrogens (primary N) is 1. The number of likely N-dealkylation sites (tertiary alicyclic amines) is 1. The molecule has 6 heteroatoms. The quantitative estimate of drug-likeness (QED) is 0.353. The fraction of sp³-hybridized carbons (Fsp3) is 0.611. The Morgan fingerprint density at radius 1 is 1.42 bits per heavy atom. The van der Waals surface area contributed by atoms with E-state index in [1.54, 1.807) is 0 Å². The second-order valence-corrected chi connectivity index (χ2v) is 7.62. The van der Waals surface area contributed by atoms with Crippen molar-refractivity contribution in [2.75, 3.05) is 26.2 Å². The van der Waals surface area contributed by atoms with Gasteiger partial charge >= 0.3 is 0 Å². The van der Waals surface area contributed by atoms with Crippen molar-refractivity contribution in [1.29, 1.82) is 0 Å². The second-order valence-electron chi connectivity index (χ2n) is 6.77. The first-order valence-electron chi connectivity index (χ1n) is 8.67. The first kappa shape index (κ1) is 20.0. The molecule has 3 N–H and O–H groups in total. The highest BCUT2D eigenvalue weighted by molar-refractivity contribution is 14.0. The highest BCUT2D eigenvalue weighted by Crippen LogP contribution is 2.50. The number of hydrogen-bond donors (Lipinski definition) is 2. The first-order chi connectivity index (χ1) is 11.1. The van der Waals surface area contributed by atoms with Crippen LogP contribution in [-0.4, -0.2) is 43.1 Å². The molecule has 2 aliphatic rings. The molecule has 1 saturated heterocycles. The third-order valence-corrected chi connectivity index (χ3v) is 5.97. The van der Waals surface area contributed by atoms with Gasteiger partial charge in [0.25, 0.3) is 0 Å². The Hall–Kier alpha value is -0.340. The molecule has 0 spiro atoms. The van der Waals surface area contributed by atoms with E-state index in [4.69, 9.17) is 5.73 Å². The fourth-order valence-electron chi connectivity index (χ4n) is 3.61. The molecule has 1 saturated carbocycles. The van der Waals surface area contributed by atoms with Gasteiger partial charge in [-0.2, -0.15) is 0 Å². The largest absolute Gasteiger partial charge is 0.370 e. The molecular formula is C18H28BrIN4. The smallest absolute Gasteiger partial charge is 0.188 e. The topological polar surface area (TPSA) is 53.6 Å². The van der Waals surface area contributed by atoms with Gasteiger partial charge in [-0.3, -0.25) is 9.89 Å². The van der Waals surface area contributed by atoms with Crippen LogP contribution in [0.25, 0.3) is 0 Å². The summed E-state index contributed by atoms with van der Waals surface area (Å²) >= 11 is 3.67. The Bertz CT molecular complexity index is 574. The Labute approximate surface area is 170 Å². The van der Waals surface area contributed by atoms with Gasteiger partial charge in [0, 0.05) is 22.5 Å². The maximum absolute atomic E-state index is 6.10. The number of hydrogen-bond acceptors (Lipinski definition) is 2. The summed E-state index contributed by atoms with van der Waals surface area (Å²) < 4.78 is 1.18. The van der Waals surface area contributed by atoms with Crippen LogP contribution < -0.4 is 11.1 Å². The van der Waals surface area contributed by atoms with Gasteiger partial charge in [0.05, 0.1) is 6.54 Å². The van der Waals surface area contributed by atoms with Crippen molar-refractivity contribution in [3.63, 3.8) is 0 Å². The summed E-state index contributed by atoms with van der Waals surface area (Å²) in [5, 5.41) is 3.33. The van der Waals surface area contributed by atoms with E-state index < -0.39 is 0 Å². The number of nitrogens with one attached hydrogen (secondary N) is 1. The minimum atomic E-state index is 0. The monoisotopic (exact) mass is 506 g/mol. The second kappa shape index (κ2) is 8.85. The van der Waals surface area contributed by atoms with Crippen LogP contribution in [0.4, 0.5) is 0 Å². The molecular weight excluding hydrogens is 479 g/mol. The van der Waals surface area contributed by atoms with Crippen LogP contribution in [0.15, 0.2) is 33.7 Å². The molecule has 0 amide bonds. The summed E-state index contributed by atoms with van der Waals surface area (Å²) in [4.78, 5) is 7.15. The number of benzene rings is 1. The molecule has 0 bridgehead atoms. The van der Waals surface area contributed by atoms with E-state index >= 15 is 0 Å². The van der Waals surface area contributed by atoms with Crippen LogP contribution in [0.3, 0.4) is 0 Å². The van der Waals surface area contributed by atoms with Gasteiger partial charge in [-0.25, -0.2) is 0 Å². The van der Waals surface area contributed by atoms with E-state index in [0.29, 0.717) is 12.0 Å². The number of rotatable bonds is 6. The summed E-state index contributed by atoms with van der Waals surface area (Å²) in [5.41, 5.74) is 7.65. The molecule has 134 valence electrons. The van der Waals surface area contributed by atoms with E-state index in [1.165, 1.54) is 42.3 Å². The summed E-state index contributed by atoms with van der Waals surface area (Å²) in [6.45, 7) is 6.24. The van der Waals surface area contributed by atoms with Crippen LogP contribution >= 0.6 is 39.9 Å². The molecule has 24 heavy (non-hydrogen) atoms. The number of halogens is 2. The Kier molecular flexibility index (Phi) is 7.37. The van der Waals surface area contributed by atoms with Crippen LogP contribution in [0.2, 0.25) is 0 Å². The van der Waals surface area contributed by atoms with E-state index in [1.807, 2.05) is 0 Å². The maximum Gasteiger partial charge on any atom is 0.188 e. The SMILES string of the molecule is CCN1CCCC1CNC(N)=NCC1(c2ccccc2Br)CC1.I. The summed E-state index contributed by atoms with van der Waals surface area (Å²) in [5.74, 6) is 0.589. The van der Waals surface area contributed by atoms with Gasteiger partial charge in [0.15, 0.2) is 5.96 Å². The summed E-state index contributed by atoms with van der Waals surface area (Å²) in [7, 11) is 0. The van der Waals surface area contributed by atoms with Crippen LogP contribution in [0, 0.1) is 0 Å². The number of nitrogens with zero attached hydrogens (tertiary/aromatic N) is 2. The highest BCUT2D eigenvalue weighted by atomic mass is 127. The zero-order chi connectivity index (χ0) is 16.3. The fourth-order valence-corrected chi connectivity index (χ4v) is 4.32. The lowest BCUT2D eigenvalue weighted by atomic mass is 9.96. The van der Waals surface area contributed by atoms with E-state index in [2.05, 4.69) is 62.3 Å². The van der Waals surface area contributed by atoms with Crippen LogP contribution in [-0.2, 0) is 5.41 Å². The zero-order valence-corrected chi connectivity index (χ0v) is 18.2. The highest BCUT2D eigenvalue weighted by Gasteiger charge is 2.45. The standard InChI is InChI=1S/C18H27BrN4.HI/c1-2-23-11-5-6-14(23)12-21-17(20)22-13-18(9-10-18)15-7-3-4-8-16(15)19;/h3-4,7-8,14H,2,5-6,9-13H2,1H3,(H3,20,21,22);1H. The van der Waals surface area contributed by atoms with Gasteiger partial charge in [-0.05, 0) is 50.4 Å². The molecule has 1 aromatic carbocycles. The summed E-state index contributed by atoms with van der Waals surface area (Å²) in [6, 6.07) is 9.08. The molecule has 1 unspecified atom stereocenters. The molecule has 3 rings (SSSR count). The third-order valence-electron chi connectivity index (χ3n) is 5.27. The van der Waals surface area contributed by atoms with Gasteiger partial charge in [0.1, 0.15) is 0 Å². The van der Waals surface area contributed by atoms with Crippen molar-refractivity contribution in [3.8, 4) is 0 Å². The van der Waals surface area contributed by atoms with E-state index in [0.717, 1.165) is 19.6 Å². The van der Waals surface area contributed by atoms with Gasteiger partial charge in [-0.15, -0.1) is 24.0 Å². The van der Waals surface area contributed by atoms with Gasteiger partial charge in [0.2, 0.25) is 0 Å². The lowest BCUT2D eigenvalue weighted by Crippen LogP contribution is -2.43. The average molecular weight is 507 g/mol. The normalized spacial score (nSPS) is 22.9. The van der Waals surface area contributed by atoms with E-state index in [-0.39, 0.29) is 29.4 Å². The van der Waals surface area contributed by atoms with Crippen molar-refractivity contribution in [2.45, 2.75) is 44.1 Å². The van der Waals surface area contributed by atoms with Crippen molar-refractivity contribution in [3.05, 3.63) is 34.3 Å². The summed E-state index contributed by atoms with van der Waals surface area (Å²) in [6.07, 6.45) is 4.94. The molecule has 0 radical (unpaired) electrons. The van der Waals surface area contributed by atoms with Crippen molar-refractivity contribution < 1.29 is 0 Å².